The minimum Gasteiger partial charge on any atom is -0.493 e. The van der Waals surface area contributed by atoms with Crippen molar-refractivity contribution in [3.63, 3.8) is 0 Å². The molecule has 1 unspecified atom stereocenters. The Hall–Kier alpha value is -3.55. The van der Waals surface area contributed by atoms with Crippen molar-refractivity contribution >= 4 is 22.8 Å². The first kappa shape index (κ1) is 22.6. The van der Waals surface area contributed by atoms with Gasteiger partial charge in [-0.2, -0.15) is 0 Å². The molecule has 174 valence electrons. The molecule has 0 spiro atoms. The van der Waals surface area contributed by atoms with E-state index in [4.69, 9.17) is 9.47 Å². The SMILES string of the molecule is CCn1c(=O)c(N2CCCC(C(=O)NCc3cccc(OC)c3OC)C2)nc2ccccc21. The molecule has 1 N–H and O–H groups in total. The molecule has 2 heterocycles. The van der Waals surface area contributed by atoms with E-state index in [1.807, 2.05) is 54.3 Å². The topological polar surface area (TPSA) is 85.7 Å². The Morgan fingerprint density at radius 1 is 1.15 bits per heavy atom. The number of nitrogens with zero attached hydrogens (tertiary/aromatic N) is 3. The predicted molar refractivity (Wildman–Crippen MR) is 128 cm³/mol. The van der Waals surface area contributed by atoms with Gasteiger partial charge in [-0.25, -0.2) is 4.98 Å². The van der Waals surface area contributed by atoms with Gasteiger partial charge in [-0.1, -0.05) is 24.3 Å². The zero-order chi connectivity index (χ0) is 23.4. The molecule has 1 atom stereocenters. The average molecular weight is 451 g/mol. The van der Waals surface area contributed by atoms with Gasteiger partial charge in [-0.15, -0.1) is 0 Å². The Kier molecular flexibility index (Phi) is 6.82. The van der Waals surface area contributed by atoms with Crippen molar-refractivity contribution in [1.82, 2.24) is 14.9 Å². The number of ether oxygens (including phenoxy) is 2. The lowest BCUT2D eigenvalue weighted by Crippen LogP contribution is -2.45. The molecule has 1 fully saturated rings. The zero-order valence-electron chi connectivity index (χ0n) is 19.3. The molecule has 0 bridgehead atoms. The summed E-state index contributed by atoms with van der Waals surface area (Å²) in [7, 11) is 3.17. The van der Waals surface area contributed by atoms with Crippen LogP contribution in [0.4, 0.5) is 5.82 Å². The normalized spacial score (nSPS) is 16.0. The van der Waals surface area contributed by atoms with Crippen LogP contribution in [0.3, 0.4) is 0 Å². The Morgan fingerprint density at radius 3 is 2.73 bits per heavy atom. The van der Waals surface area contributed by atoms with Crippen molar-refractivity contribution in [2.45, 2.75) is 32.9 Å². The fourth-order valence-electron chi connectivity index (χ4n) is 4.50. The minimum absolute atomic E-state index is 0.0406. The van der Waals surface area contributed by atoms with E-state index in [1.165, 1.54) is 0 Å². The first-order valence-electron chi connectivity index (χ1n) is 11.3. The van der Waals surface area contributed by atoms with Gasteiger partial charge in [0.25, 0.3) is 5.56 Å². The van der Waals surface area contributed by atoms with Crippen LogP contribution in [0.1, 0.15) is 25.3 Å². The molecule has 0 radical (unpaired) electrons. The highest BCUT2D eigenvalue weighted by Gasteiger charge is 2.28. The summed E-state index contributed by atoms with van der Waals surface area (Å²) in [6, 6.07) is 13.3. The first-order valence-corrected chi connectivity index (χ1v) is 11.3. The second-order valence-corrected chi connectivity index (χ2v) is 8.13. The summed E-state index contributed by atoms with van der Waals surface area (Å²) in [5.41, 5.74) is 2.34. The van der Waals surface area contributed by atoms with E-state index in [0.29, 0.717) is 43.5 Å². The number of methoxy groups -OCH3 is 2. The van der Waals surface area contributed by atoms with Crippen LogP contribution in [0.25, 0.3) is 11.0 Å². The monoisotopic (exact) mass is 450 g/mol. The fraction of sp³-hybridized carbons (Fsp3) is 0.400. The Labute approximate surface area is 193 Å². The number of anilines is 1. The molecule has 1 aliphatic rings. The van der Waals surface area contributed by atoms with E-state index >= 15 is 0 Å². The van der Waals surface area contributed by atoms with Gasteiger partial charge < -0.3 is 24.3 Å². The molecule has 8 heteroatoms. The number of aryl methyl sites for hydroxylation is 1. The van der Waals surface area contributed by atoms with Crippen molar-refractivity contribution in [2.24, 2.45) is 5.92 Å². The molecule has 1 aliphatic heterocycles. The molecule has 3 aromatic rings. The average Bonchev–Trinajstić information content (AvgIpc) is 2.86. The number of carbonyl (C=O) groups excluding carboxylic acids is 1. The summed E-state index contributed by atoms with van der Waals surface area (Å²) in [6.07, 6.45) is 1.59. The fourth-order valence-corrected chi connectivity index (χ4v) is 4.50. The van der Waals surface area contributed by atoms with Crippen LogP contribution < -0.4 is 25.2 Å². The highest BCUT2D eigenvalue weighted by atomic mass is 16.5. The molecule has 1 saturated heterocycles. The summed E-state index contributed by atoms with van der Waals surface area (Å²) in [5, 5.41) is 3.03. The largest absolute Gasteiger partial charge is 0.493 e. The van der Waals surface area contributed by atoms with Crippen LogP contribution in [0.2, 0.25) is 0 Å². The van der Waals surface area contributed by atoms with Gasteiger partial charge in [-0.3, -0.25) is 9.59 Å². The van der Waals surface area contributed by atoms with Crippen LogP contribution >= 0.6 is 0 Å². The number of benzene rings is 2. The zero-order valence-corrected chi connectivity index (χ0v) is 19.3. The van der Waals surface area contributed by atoms with Gasteiger partial charge in [0, 0.05) is 31.7 Å². The lowest BCUT2D eigenvalue weighted by atomic mass is 9.97. The highest BCUT2D eigenvalue weighted by molar-refractivity contribution is 5.80. The maximum Gasteiger partial charge on any atom is 0.293 e. The van der Waals surface area contributed by atoms with Crippen LogP contribution in [0, 0.1) is 5.92 Å². The van der Waals surface area contributed by atoms with E-state index in [9.17, 15) is 9.59 Å². The van der Waals surface area contributed by atoms with Crippen molar-refractivity contribution < 1.29 is 14.3 Å². The number of amides is 1. The van der Waals surface area contributed by atoms with E-state index < -0.39 is 0 Å². The lowest BCUT2D eigenvalue weighted by molar-refractivity contribution is -0.125. The number of para-hydroxylation sites is 3. The van der Waals surface area contributed by atoms with Gasteiger partial charge in [0.15, 0.2) is 17.3 Å². The lowest BCUT2D eigenvalue weighted by Gasteiger charge is -2.32. The summed E-state index contributed by atoms with van der Waals surface area (Å²) in [6.45, 7) is 4.03. The van der Waals surface area contributed by atoms with Crippen molar-refractivity contribution in [3.05, 3.63) is 58.4 Å². The number of piperidine rings is 1. The van der Waals surface area contributed by atoms with Crippen LogP contribution in [-0.4, -0.2) is 42.8 Å². The quantitative estimate of drug-likeness (QED) is 0.596. The summed E-state index contributed by atoms with van der Waals surface area (Å²) in [5.74, 6) is 1.40. The van der Waals surface area contributed by atoms with E-state index in [-0.39, 0.29) is 17.4 Å². The summed E-state index contributed by atoms with van der Waals surface area (Å²) in [4.78, 5) is 32.8. The molecule has 1 aromatic heterocycles. The number of hydrogen-bond acceptors (Lipinski definition) is 6. The smallest absolute Gasteiger partial charge is 0.293 e. The standard InChI is InChI=1S/C25H30N4O4/c1-4-29-20-12-6-5-11-19(20)27-23(25(29)31)28-14-8-10-18(16-28)24(30)26-15-17-9-7-13-21(32-2)22(17)33-3/h5-7,9,11-13,18H,4,8,10,14-16H2,1-3H3,(H,26,30). The first-order chi connectivity index (χ1) is 16.1. The molecular formula is C25H30N4O4. The van der Waals surface area contributed by atoms with Gasteiger partial charge in [0.05, 0.1) is 31.2 Å². The minimum atomic E-state index is -0.224. The summed E-state index contributed by atoms with van der Waals surface area (Å²) >= 11 is 0. The van der Waals surface area contributed by atoms with Gasteiger partial charge in [0.2, 0.25) is 5.91 Å². The number of aromatic nitrogens is 2. The second kappa shape index (κ2) is 9.94. The van der Waals surface area contributed by atoms with Crippen molar-refractivity contribution in [3.8, 4) is 11.5 Å². The highest BCUT2D eigenvalue weighted by Crippen LogP contribution is 2.30. The molecule has 8 nitrogen and oxygen atoms in total. The predicted octanol–water partition coefficient (Wildman–Crippen LogP) is 2.97. The van der Waals surface area contributed by atoms with Gasteiger partial charge in [-0.05, 0) is 38.0 Å². The Balaban J connectivity index is 1.51. The summed E-state index contributed by atoms with van der Waals surface area (Å²) < 4.78 is 12.5. The number of hydrogen-bond donors (Lipinski definition) is 1. The molecule has 1 amide bonds. The molecule has 33 heavy (non-hydrogen) atoms. The van der Waals surface area contributed by atoms with E-state index in [0.717, 1.165) is 29.4 Å². The number of fused-ring (bicyclic) bond motifs is 1. The van der Waals surface area contributed by atoms with Crippen molar-refractivity contribution in [1.29, 1.82) is 0 Å². The molecular weight excluding hydrogens is 420 g/mol. The van der Waals surface area contributed by atoms with E-state index in [2.05, 4.69) is 10.3 Å². The number of rotatable bonds is 7. The Bertz CT molecular complexity index is 1210. The molecule has 0 aliphatic carbocycles. The van der Waals surface area contributed by atoms with Gasteiger partial charge in [0.1, 0.15) is 0 Å². The van der Waals surface area contributed by atoms with Crippen LogP contribution in [0.15, 0.2) is 47.3 Å². The third kappa shape index (κ3) is 4.51. The molecule has 4 rings (SSSR count). The van der Waals surface area contributed by atoms with Crippen LogP contribution in [-0.2, 0) is 17.9 Å². The molecule has 0 saturated carbocycles. The van der Waals surface area contributed by atoms with Crippen LogP contribution in [0.5, 0.6) is 11.5 Å². The van der Waals surface area contributed by atoms with E-state index in [1.54, 1.807) is 18.8 Å². The maximum atomic E-state index is 13.2. The third-order valence-electron chi connectivity index (χ3n) is 6.18. The number of carbonyl (C=O) groups is 1. The Morgan fingerprint density at radius 2 is 1.97 bits per heavy atom. The number of nitrogens with one attached hydrogen (secondary N) is 1. The van der Waals surface area contributed by atoms with Crippen molar-refractivity contribution in [2.75, 3.05) is 32.2 Å². The second-order valence-electron chi connectivity index (χ2n) is 8.13. The third-order valence-corrected chi connectivity index (χ3v) is 6.18. The molecule has 2 aromatic carbocycles. The van der Waals surface area contributed by atoms with Gasteiger partial charge >= 0.3 is 0 Å². The maximum absolute atomic E-state index is 13.2.